The standard InChI is InChI=1S/C17H29N3/c1-14(11-18)12-19-6-8-20(9-7-19)13-17-5-4-15(2)16(3)10-17/h4-5,10,14H,6-9,11-13,18H2,1-3H3. The summed E-state index contributed by atoms with van der Waals surface area (Å²) in [7, 11) is 0. The number of piperazine rings is 1. The average molecular weight is 275 g/mol. The molecule has 0 saturated carbocycles. The zero-order chi connectivity index (χ0) is 14.5. The van der Waals surface area contributed by atoms with Gasteiger partial charge in [0.15, 0.2) is 0 Å². The van der Waals surface area contributed by atoms with Gasteiger partial charge in [-0.1, -0.05) is 25.1 Å². The maximum absolute atomic E-state index is 5.71. The molecular weight excluding hydrogens is 246 g/mol. The molecule has 1 aliphatic heterocycles. The van der Waals surface area contributed by atoms with Crippen LogP contribution in [0.3, 0.4) is 0 Å². The Morgan fingerprint density at radius 2 is 1.70 bits per heavy atom. The van der Waals surface area contributed by atoms with E-state index in [0.29, 0.717) is 5.92 Å². The fraction of sp³-hybridized carbons (Fsp3) is 0.647. The molecule has 1 unspecified atom stereocenters. The van der Waals surface area contributed by atoms with Gasteiger partial charge in [0.05, 0.1) is 0 Å². The molecule has 0 aromatic heterocycles. The van der Waals surface area contributed by atoms with E-state index in [1.165, 1.54) is 42.9 Å². The third-order valence-electron chi connectivity index (χ3n) is 4.41. The lowest BCUT2D eigenvalue weighted by molar-refractivity contribution is 0.116. The second-order valence-electron chi connectivity index (χ2n) is 6.34. The van der Waals surface area contributed by atoms with E-state index in [1.54, 1.807) is 0 Å². The van der Waals surface area contributed by atoms with Gasteiger partial charge in [-0.3, -0.25) is 4.90 Å². The van der Waals surface area contributed by atoms with Crippen molar-refractivity contribution >= 4 is 0 Å². The Hall–Kier alpha value is -0.900. The van der Waals surface area contributed by atoms with E-state index in [2.05, 4.69) is 48.8 Å². The van der Waals surface area contributed by atoms with Crippen LogP contribution in [-0.4, -0.2) is 49.1 Å². The Morgan fingerprint density at radius 3 is 2.30 bits per heavy atom. The molecule has 1 aromatic rings. The highest BCUT2D eigenvalue weighted by Crippen LogP contribution is 2.13. The van der Waals surface area contributed by atoms with E-state index in [0.717, 1.165) is 19.6 Å². The maximum atomic E-state index is 5.71. The van der Waals surface area contributed by atoms with Crippen LogP contribution in [0.4, 0.5) is 0 Å². The molecule has 0 aliphatic carbocycles. The summed E-state index contributed by atoms with van der Waals surface area (Å²) in [5.41, 5.74) is 9.93. The van der Waals surface area contributed by atoms with Crippen LogP contribution >= 0.6 is 0 Å². The Morgan fingerprint density at radius 1 is 1.05 bits per heavy atom. The number of benzene rings is 1. The Kier molecular flexibility index (Phi) is 5.58. The van der Waals surface area contributed by atoms with Crippen molar-refractivity contribution in [2.45, 2.75) is 27.3 Å². The highest BCUT2D eigenvalue weighted by Gasteiger charge is 2.18. The predicted octanol–water partition coefficient (Wildman–Crippen LogP) is 2.02. The van der Waals surface area contributed by atoms with Crippen LogP contribution in [0.5, 0.6) is 0 Å². The molecule has 0 spiro atoms. The topological polar surface area (TPSA) is 32.5 Å². The molecule has 0 radical (unpaired) electrons. The maximum Gasteiger partial charge on any atom is 0.0234 e. The minimum atomic E-state index is 0.612. The molecule has 2 N–H and O–H groups in total. The van der Waals surface area contributed by atoms with E-state index in [-0.39, 0.29) is 0 Å². The third kappa shape index (κ3) is 4.30. The fourth-order valence-electron chi connectivity index (χ4n) is 2.81. The van der Waals surface area contributed by atoms with Gasteiger partial charge in [-0.2, -0.15) is 0 Å². The summed E-state index contributed by atoms with van der Waals surface area (Å²) in [6, 6.07) is 6.84. The highest BCUT2D eigenvalue weighted by atomic mass is 15.3. The summed E-state index contributed by atoms with van der Waals surface area (Å²) in [5.74, 6) is 0.612. The molecular formula is C17H29N3. The van der Waals surface area contributed by atoms with Crippen LogP contribution in [-0.2, 0) is 6.54 Å². The Labute approximate surface area is 123 Å². The van der Waals surface area contributed by atoms with Crippen molar-refractivity contribution in [1.82, 2.24) is 9.80 Å². The van der Waals surface area contributed by atoms with Gasteiger partial charge < -0.3 is 10.6 Å². The minimum absolute atomic E-state index is 0.612. The minimum Gasteiger partial charge on any atom is -0.330 e. The molecule has 20 heavy (non-hydrogen) atoms. The molecule has 1 aliphatic rings. The van der Waals surface area contributed by atoms with E-state index >= 15 is 0 Å². The van der Waals surface area contributed by atoms with Crippen molar-refractivity contribution in [2.24, 2.45) is 11.7 Å². The van der Waals surface area contributed by atoms with Crippen LogP contribution in [0.2, 0.25) is 0 Å². The summed E-state index contributed by atoms with van der Waals surface area (Å²) >= 11 is 0. The molecule has 3 nitrogen and oxygen atoms in total. The van der Waals surface area contributed by atoms with Gasteiger partial charge in [0.2, 0.25) is 0 Å². The van der Waals surface area contributed by atoms with Gasteiger partial charge in [0.1, 0.15) is 0 Å². The fourth-order valence-corrected chi connectivity index (χ4v) is 2.81. The zero-order valence-electron chi connectivity index (χ0n) is 13.2. The van der Waals surface area contributed by atoms with Crippen LogP contribution in [0, 0.1) is 19.8 Å². The Bertz CT molecular complexity index is 422. The second kappa shape index (κ2) is 7.21. The smallest absolute Gasteiger partial charge is 0.0234 e. The molecule has 0 amide bonds. The average Bonchev–Trinajstić information content (AvgIpc) is 2.45. The molecule has 1 atom stereocenters. The van der Waals surface area contributed by atoms with Crippen LogP contribution in [0.1, 0.15) is 23.6 Å². The van der Waals surface area contributed by atoms with Gasteiger partial charge in [-0.05, 0) is 43.0 Å². The summed E-state index contributed by atoms with van der Waals surface area (Å²) in [5, 5.41) is 0. The first-order chi connectivity index (χ1) is 9.58. The molecule has 2 rings (SSSR count). The van der Waals surface area contributed by atoms with Crippen molar-refractivity contribution in [1.29, 1.82) is 0 Å². The van der Waals surface area contributed by atoms with Crippen molar-refractivity contribution < 1.29 is 0 Å². The second-order valence-corrected chi connectivity index (χ2v) is 6.34. The summed E-state index contributed by atoms with van der Waals surface area (Å²) in [6.07, 6.45) is 0. The predicted molar refractivity (Wildman–Crippen MR) is 85.9 cm³/mol. The van der Waals surface area contributed by atoms with Gasteiger partial charge in [-0.15, -0.1) is 0 Å². The monoisotopic (exact) mass is 275 g/mol. The third-order valence-corrected chi connectivity index (χ3v) is 4.41. The number of nitrogens with zero attached hydrogens (tertiary/aromatic N) is 2. The van der Waals surface area contributed by atoms with Crippen LogP contribution < -0.4 is 5.73 Å². The highest BCUT2D eigenvalue weighted by molar-refractivity contribution is 5.29. The van der Waals surface area contributed by atoms with Crippen LogP contribution in [0.15, 0.2) is 18.2 Å². The van der Waals surface area contributed by atoms with Crippen molar-refractivity contribution in [3.63, 3.8) is 0 Å². The lowest BCUT2D eigenvalue weighted by atomic mass is 10.1. The Balaban J connectivity index is 1.80. The van der Waals surface area contributed by atoms with Gasteiger partial charge in [0, 0.05) is 39.3 Å². The quantitative estimate of drug-likeness (QED) is 0.892. The number of hydrogen-bond acceptors (Lipinski definition) is 3. The number of rotatable bonds is 5. The molecule has 3 heteroatoms. The largest absolute Gasteiger partial charge is 0.330 e. The normalized spacial score (nSPS) is 19.2. The van der Waals surface area contributed by atoms with Crippen LogP contribution in [0.25, 0.3) is 0 Å². The first kappa shape index (κ1) is 15.5. The van der Waals surface area contributed by atoms with Crippen molar-refractivity contribution in [2.75, 3.05) is 39.3 Å². The lowest BCUT2D eigenvalue weighted by Crippen LogP contribution is -2.47. The number of nitrogens with two attached hydrogens (primary N) is 1. The zero-order valence-corrected chi connectivity index (χ0v) is 13.2. The SMILES string of the molecule is Cc1ccc(CN2CCN(CC(C)CN)CC2)cc1C. The molecule has 1 aromatic carbocycles. The number of hydrogen-bond donors (Lipinski definition) is 1. The molecule has 112 valence electrons. The van der Waals surface area contributed by atoms with E-state index < -0.39 is 0 Å². The summed E-state index contributed by atoms with van der Waals surface area (Å²) < 4.78 is 0. The molecule has 1 fully saturated rings. The molecule has 1 heterocycles. The molecule has 1 saturated heterocycles. The summed E-state index contributed by atoms with van der Waals surface area (Å²) in [4.78, 5) is 5.11. The van der Waals surface area contributed by atoms with E-state index in [9.17, 15) is 0 Å². The van der Waals surface area contributed by atoms with Crippen molar-refractivity contribution in [3.8, 4) is 0 Å². The van der Waals surface area contributed by atoms with Gasteiger partial charge in [-0.25, -0.2) is 0 Å². The number of aryl methyl sites for hydroxylation is 2. The first-order valence-corrected chi connectivity index (χ1v) is 7.79. The van der Waals surface area contributed by atoms with E-state index in [1.807, 2.05) is 0 Å². The van der Waals surface area contributed by atoms with Gasteiger partial charge in [0.25, 0.3) is 0 Å². The van der Waals surface area contributed by atoms with Crippen molar-refractivity contribution in [3.05, 3.63) is 34.9 Å². The molecule has 0 bridgehead atoms. The lowest BCUT2D eigenvalue weighted by Gasteiger charge is -2.35. The van der Waals surface area contributed by atoms with E-state index in [4.69, 9.17) is 5.73 Å². The van der Waals surface area contributed by atoms with Gasteiger partial charge >= 0.3 is 0 Å². The summed E-state index contributed by atoms with van der Waals surface area (Å²) in [6.45, 7) is 14.3. The first-order valence-electron chi connectivity index (χ1n) is 7.79.